The van der Waals surface area contributed by atoms with Crippen molar-refractivity contribution in [2.24, 2.45) is 5.14 Å². The summed E-state index contributed by atoms with van der Waals surface area (Å²) in [7, 11) is -3.80. The molecule has 30 heavy (non-hydrogen) atoms. The van der Waals surface area contributed by atoms with Crippen LogP contribution < -0.4 is 10.5 Å². The zero-order valence-electron chi connectivity index (χ0n) is 17.2. The first-order valence-corrected chi connectivity index (χ1v) is 11.5. The fourth-order valence-electron chi connectivity index (χ4n) is 4.08. The maximum atomic E-state index is 12.6. The van der Waals surface area contributed by atoms with E-state index in [0.717, 1.165) is 29.8 Å². The van der Waals surface area contributed by atoms with Crippen LogP contribution in [0.4, 0.5) is 5.69 Å². The molecule has 8 heteroatoms. The Bertz CT molecular complexity index is 1120. The fourth-order valence-corrected chi connectivity index (χ4v) is 4.60. The number of nitrogens with zero attached hydrogens (tertiary/aromatic N) is 2. The molecule has 1 fully saturated rings. The molecule has 0 atom stereocenters. The number of hydrogen-bond donors (Lipinski definition) is 2. The maximum Gasteiger partial charge on any atom is 0.266 e. The number of carbonyl (C=O) groups excluding carboxylic acids is 1. The topological polar surface area (TPSA) is 118 Å². The standard InChI is InChI=1S/C22H26N4O3S/c1-15-12-17(16(2)26(15)20-6-4-3-5-7-20)13-18(14-23)22(27)25-19-8-10-21(11-9-19)30(24,28)29/h8-13,20H,3-7H2,1-2H3,(H,25,27)(H2,24,28,29)/b18-13+. The van der Waals surface area contributed by atoms with Gasteiger partial charge in [0.05, 0.1) is 4.90 Å². The summed E-state index contributed by atoms with van der Waals surface area (Å²) in [5, 5.41) is 17.2. The molecule has 7 nitrogen and oxygen atoms in total. The van der Waals surface area contributed by atoms with Crippen LogP contribution in [0.2, 0.25) is 0 Å². The first kappa shape index (κ1) is 21.8. The van der Waals surface area contributed by atoms with Crippen molar-refractivity contribution >= 4 is 27.7 Å². The smallest absolute Gasteiger partial charge is 0.266 e. The molecule has 1 aromatic heterocycles. The van der Waals surface area contributed by atoms with Gasteiger partial charge in [0.1, 0.15) is 11.6 Å². The van der Waals surface area contributed by atoms with E-state index in [-0.39, 0.29) is 10.5 Å². The molecule has 0 bridgehead atoms. The van der Waals surface area contributed by atoms with Gasteiger partial charge in [-0.3, -0.25) is 4.79 Å². The molecule has 0 spiro atoms. The Morgan fingerprint density at radius 2 is 1.83 bits per heavy atom. The summed E-state index contributed by atoms with van der Waals surface area (Å²) < 4.78 is 25.0. The molecule has 3 N–H and O–H groups in total. The molecule has 3 rings (SSSR count). The van der Waals surface area contributed by atoms with Gasteiger partial charge in [-0.1, -0.05) is 19.3 Å². The molecule has 0 unspecified atom stereocenters. The van der Waals surface area contributed by atoms with Crippen molar-refractivity contribution in [2.45, 2.75) is 56.9 Å². The first-order valence-electron chi connectivity index (χ1n) is 9.95. The zero-order valence-corrected chi connectivity index (χ0v) is 18.0. The van der Waals surface area contributed by atoms with Gasteiger partial charge >= 0.3 is 0 Å². The second-order valence-corrected chi connectivity index (χ2v) is 9.24. The SMILES string of the molecule is Cc1cc(/C=C(\C#N)C(=O)Nc2ccc(S(N)(=O)=O)cc2)c(C)n1C1CCCCC1. The van der Waals surface area contributed by atoms with Gasteiger partial charge in [0, 0.05) is 23.1 Å². The number of amides is 1. The fraction of sp³-hybridized carbons (Fsp3) is 0.364. The van der Waals surface area contributed by atoms with E-state index in [1.165, 1.54) is 43.5 Å². The highest BCUT2D eigenvalue weighted by molar-refractivity contribution is 7.89. The predicted molar refractivity (Wildman–Crippen MR) is 116 cm³/mol. The Hall–Kier alpha value is -2.89. The van der Waals surface area contributed by atoms with Crippen LogP contribution in [0.5, 0.6) is 0 Å². The lowest BCUT2D eigenvalue weighted by atomic mass is 9.95. The van der Waals surface area contributed by atoms with Crippen molar-refractivity contribution in [2.75, 3.05) is 5.32 Å². The first-order chi connectivity index (χ1) is 14.2. The zero-order chi connectivity index (χ0) is 21.9. The van der Waals surface area contributed by atoms with Crippen LogP contribution in [0.1, 0.15) is 55.1 Å². The number of sulfonamides is 1. The molecule has 1 aromatic carbocycles. The second kappa shape index (κ2) is 8.86. The van der Waals surface area contributed by atoms with Crippen LogP contribution in [0.3, 0.4) is 0 Å². The van der Waals surface area contributed by atoms with Crippen molar-refractivity contribution in [1.82, 2.24) is 4.57 Å². The van der Waals surface area contributed by atoms with E-state index in [1.54, 1.807) is 6.08 Å². The van der Waals surface area contributed by atoms with Gasteiger partial charge in [0.25, 0.3) is 5.91 Å². The number of hydrogen-bond acceptors (Lipinski definition) is 4. The van der Waals surface area contributed by atoms with Crippen LogP contribution in [-0.4, -0.2) is 18.9 Å². The Kier molecular flexibility index (Phi) is 6.44. The van der Waals surface area contributed by atoms with Gasteiger partial charge in [-0.2, -0.15) is 5.26 Å². The highest BCUT2D eigenvalue weighted by Gasteiger charge is 2.20. The number of benzene rings is 1. The number of aromatic nitrogens is 1. The average Bonchev–Trinajstić information content (AvgIpc) is 2.99. The summed E-state index contributed by atoms with van der Waals surface area (Å²) in [6, 6.07) is 9.92. The Morgan fingerprint density at radius 1 is 1.20 bits per heavy atom. The average molecular weight is 427 g/mol. The van der Waals surface area contributed by atoms with Gasteiger partial charge in [0.15, 0.2) is 0 Å². The molecular weight excluding hydrogens is 400 g/mol. The lowest BCUT2D eigenvalue weighted by Crippen LogP contribution is -2.15. The highest BCUT2D eigenvalue weighted by Crippen LogP contribution is 2.32. The number of nitrogens with one attached hydrogen (secondary N) is 1. The van der Waals surface area contributed by atoms with Crippen LogP contribution in [0, 0.1) is 25.2 Å². The molecule has 1 amide bonds. The highest BCUT2D eigenvalue weighted by atomic mass is 32.2. The van der Waals surface area contributed by atoms with E-state index < -0.39 is 15.9 Å². The largest absolute Gasteiger partial charge is 0.346 e. The van der Waals surface area contributed by atoms with Crippen LogP contribution in [-0.2, 0) is 14.8 Å². The van der Waals surface area contributed by atoms with Gasteiger partial charge in [-0.25, -0.2) is 13.6 Å². The molecule has 1 aliphatic rings. The quantitative estimate of drug-likeness (QED) is 0.558. The number of nitriles is 1. The number of rotatable bonds is 5. The number of anilines is 1. The van der Waals surface area contributed by atoms with E-state index in [1.807, 2.05) is 19.1 Å². The summed E-state index contributed by atoms with van der Waals surface area (Å²) in [5.41, 5.74) is 3.39. The summed E-state index contributed by atoms with van der Waals surface area (Å²) in [4.78, 5) is 12.5. The molecular formula is C22H26N4O3S. The molecule has 1 heterocycles. The third-order valence-electron chi connectivity index (χ3n) is 5.57. The Morgan fingerprint density at radius 3 is 2.40 bits per heavy atom. The number of carbonyl (C=O) groups is 1. The summed E-state index contributed by atoms with van der Waals surface area (Å²) >= 11 is 0. The lowest BCUT2D eigenvalue weighted by molar-refractivity contribution is -0.112. The summed E-state index contributed by atoms with van der Waals surface area (Å²) in [6.07, 6.45) is 7.64. The minimum atomic E-state index is -3.80. The van der Waals surface area contributed by atoms with Crippen molar-refractivity contribution in [1.29, 1.82) is 5.26 Å². The molecule has 2 aromatic rings. The summed E-state index contributed by atoms with van der Waals surface area (Å²) in [5.74, 6) is -0.552. The number of primary sulfonamides is 1. The molecule has 1 aliphatic carbocycles. The minimum absolute atomic E-state index is 0.0191. The predicted octanol–water partition coefficient (Wildman–Crippen LogP) is 3.80. The van der Waals surface area contributed by atoms with Crippen molar-refractivity contribution < 1.29 is 13.2 Å². The molecule has 0 saturated heterocycles. The molecule has 158 valence electrons. The summed E-state index contributed by atoms with van der Waals surface area (Å²) in [6.45, 7) is 4.07. The number of aryl methyl sites for hydroxylation is 1. The molecule has 1 saturated carbocycles. The normalized spacial score (nSPS) is 15.6. The lowest BCUT2D eigenvalue weighted by Gasteiger charge is -2.26. The Labute approximate surface area is 177 Å². The molecule has 0 radical (unpaired) electrons. The van der Waals surface area contributed by atoms with Crippen molar-refractivity contribution in [3.63, 3.8) is 0 Å². The monoisotopic (exact) mass is 426 g/mol. The second-order valence-electron chi connectivity index (χ2n) is 7.68. The third-order valence-corrected chi connectivity index (χ3v) is 6.50. The Balaban J connectivity index is 1.82. The van der Waals surface area contributed by atoms with Gasteiger partial charge in [0.2, 0.25) is 10.0 Å². The number of nitrogens with two attached hydrogens (primary N) is 1. The van der Waals surface area contributed by atoms with E-state index in [2.05, 4.69) is 16.8 Å². The third kappa shape index (κ3) is 4.81. The van der Waals surface area contributed by atoms with E-state index in [9.17, 15) is 18.5 Å². The van der Waals surface area contributed by atoms with E-state index >= 15 is 0 Å². The van der Waals surface area contributed by atoms with Crippen molar-refractivity contribution in [3.05, 3.63) is 52.9 Å². The van der Waals surface area contributed by atoms with Gasteiger partial charge in [-0.05, 0) is 68.7 Å². The van der Waals surface area contributed by atoms with E-state index in [4.69, 9.17) is 5.14 Å². The van der Waals surface area contributed by atoms with Crippen LogP contribution >= 0.6 is 0 Å². The van der Waals surface area contributed by atoms with E-state index in [0.29, 0.717) is 11.7 Å². The van der Waals surface area contributed by atoms with Crippen LogP contribution in [0.25, 0.3) is 6.08 Å². The maximum absolute atomic E-state index is 12.6. The van der Waals surface area contributed by atoms with Crippen LogP contribution in [0.15, 0.2) is 40.8 Å². The minimum Gasteiger partial charge on any atom is -0.346 e. The molecule has 0 aliphatic heterocycles. The van der Waals surface area contributed by atoms with Gasteiger partial charge < -0.3 is 9.88 Å². The van der Waals surface area contributed by atoms with Crippen molar-refractivity contribution in [3.8, 4) is 6.07 Å². The van der Waals surface area contributed by atoms with Gasteiger partial charge in [-0.15, -0.1) is 0 Å².